The van der Waals surface area contributed by atoms with Crippen molar-refractivity contribution < 1.29 is 9.53 Å². The molecule has 1 N–H and O–H groups in total. The SMILES string of the molecule is CCOC(=O)NC(C)(C#N)CC. The van der Waals surface area contributed by atoms with Gasteiger partial charge in [-0.3, -0.25) is 0 Å². The number of nitriles is 1. The lowest BCUT2D eigenvalue weighted by Crippen LogP contribution is -2.44. The third kappa shape index (κ3) is 3.24. The van der Waals surface area contributed by atoms with Gasteiger partial charge in [-0.05, 0) is 20.3 Å². The molecule has 0 fully saturated rings. The summed E-state index contributed by atoms with van der Waals surface area (Å²) >= 11 is 0. The zero-order valence-electron chi connectivity index (χ0n) is 7.68. The van der Waals surface area contributed by atoms with Crippen LogP contribution in [0, 0.1) is 11.3 Å². The van der Waals surface area contributed by atoms with E-state index in [-0.39, 0.29) is 0 Å². The molecule has 0 bridgehead atoms. The van der Waals surface area contributed by atoms with E-state index in [1.165, 1.54) is 0 Å². The van der Waals surface area contributed by atoms with Crippen LogP contribution in [-0.4, -0.2) is 18.2 Å². The standard InChI is InChI=1S/C8H14N2O2/c1-4-8(3,6-9)10-7(11)12-5-2/h4-5H2,1-3H3,(H,10,11). The molecule has 0 aromatic heterocycles. The molecule has 4 heteroatoms. The Bertz CT molecular complexity index is 198. The van der Waals surface area contributed by atoms with Crippen molar-refractivity contribution >= 4 is 6.09 Å². The molecule has 12 heavy (non-hydrogen) atoms. The van der Waals surface area contributed by atoms with Gasteiger partial charge in [0, 0.05) is 0 Å². The largest absolute Gasteiger partial charge is 0.450 e. The molecule has 0 aliphatic carbocycles. The lowest BCUT2D eigenvalue weighted by Gasteiger charge is -2.20. The highest BCUT2D eigenvalue weighted by Gasteiger charge is 2.23. The minimum atomic E-state index is -0.813. The van der Waals surface area contributed by atoms with Gasteiger partial charge in [0.05, 0.1) is 12.7 Å². The van der Waals surface area contributed by atoms with Crippen LogP contribution in [0.5, 0.6) is 0 Å². The zero-order chi connectivity index (χ0) is 9.61. The average molecular weight is 170 g/mol. The Morgan fingerprint density at radius 3 is 2.58 bits per heavy atom. The molecule has 1 atom stereocenters. The minimum absolute atomic E-state index is 0.317. The highest BCUT2D eigenvalue weighted by molar-refractivity contribution is 5.68. The molecule has 0 rings (SSSR count). The molecule has 0 heterocycles. The fourth-order valence-corrected chi connectivity index (χ4v) is 0.588. The third-order valence-electron chi connectivity index (χ3n) is 1.61. The number of rotatable bonds is 3. The molecule has 0 aliphatic rings. The monoisotopic (exact) mass is 170 g/mol. The Morgan fingerprint density at radius 1 is 1.67 bits per heavy atom. The van der Waals surface area contributed by atoms with Gasteiger partial charge in [0.1, 0.15) is 5.54 Å². The highest BCUT2D eigenvalue weighted by Crippen LogP contribution is 2.06. The van der Waals surface area contributed by atoms with Gasteiger partial charge in [-0.25, -0.2) is 4.79 Å². The Morgan fingerprint density at radius 2 is 2.25 bits per heavy atom. The first-order valence-electron chi connectivity index (χ1n) is 3.94. The summed E-state index contributed by atoms with van der Waals surface area (Å²) in [7, 11) is 0. The first kappa shape index (κ1) is 10.8. The summed E-state index contributed by atoms with van der Waals surface area (Å²) in [6, 6.07) is 2.01. The molecule has 0 aliphatic heterocycles. The van der Waals surface area contributed by atoms with Crippen LogP contribution in [0.3, 0.4) is 0 Å². The average Bonchev–Trinajstić information content (AvgIpc) is 2.05. The summed E-state index contributed by atoms with van der Waals surface area (Å²) in [5.41, 5.74) is -0.813. The zero-order valence-corrected chi connectivity index (χ0v) is 7.68. The summed E-state index contributed by atoms with van der Waals surface area (Å²) in [6.07, 6.45) is 0.0193. The van der Waals surface area contributed by atoms with Crippen molar-refractivity contribution in [3.05, 3.63) is 0 Å². The van der Waals surface area contributed by atoms with Gasteiger partial charge in [0.25, 0.3) is 0 Å². The quantitative estimate of drug-likeness (QED) is 0.696. The number of carbonyl (C=O) groups excluding carboxylic acids is 1. The van der Waals surface area contributed by atoms with Crippen LogP contribution in [-0.2, 0) is 4.74 Å². The minimum Gasteiger partial charge on any atom is -0.450 e. The normalized spacial score (nSPS) is 14.2. The molecule has 1 unspecified atom stereocenters. The lowest BCUT2D eigenvalue weighted by atomic mass is 10.0. The molecule has 0 radical (unpaired) electrons. The summed E-state index contributed by atoms with van der Waals surface area (Å²) in [4.78, 5) is 10.9. The number of ether oxygens (including phenoxy) is 1. The van der Waals surface area contributed by atoms with Crippen molar-refractivity contribution in [2.45, 2.75) is 32.7 Å². The Balaban J connectivity index is 4.05. The molecule has 4 nitrogen and oxygen atoms in total. The van der Waals surface area contributed by atoms with Crippen LogP contribution in [0.4, 0.5) is 4.79 Å². The summed E-state index contributed by atoms with van der Waals surface area (Å²) in [6.45, 7) is 5.52. The van der Waals surface area contributed by atoms with Crippen molar-refractivity contribution in [3.63, 3.8) is 0 Å². The summed E-state index contributed by atoms with van der Waals surface area (Å²) in [5.74, 6) is 0. The van der Waals surface area contributed by atoms with E-state index in [1.54, 1.807) is 13.8 Å². The van der Waals surface area contributed by atoms with Gasteiger partial charge in [0.2, 0.25) is 0 Å². The van der Waals surface area contributed by atoms with Crippen molar-refractivity contribution in [3.8, 4) is 6.07 Å². The maximum absolute atomic E-state index is 10.9. The summed E-state index contributed by atoms with van der Waals surface area (Å²) < 4.78 is 4.64. The molecule has 1 amide bonds. The number of alkyl carbamates (subject to hydrolysis) is 1. The second-order valence-corrected chi connectivity index (χ2v) is 2.64. The van der Waals surface area contributed by atoms with E-state index < -0.39 is 11.6 Å². The predicted molar refractivity (Wildman–Crippen MR) is 44.5 cm³/mol. The second-order valence-electron chi connectivity index (χ2n) is 2.64. The van der Waals surface area contributed by atoms with Gasteiger partial charge in [-0.15, -0.1) is 0 Å². The van der Waals surface area contributed by atoms with Crippen molar-refractivity contribution in [2.75, 3.05) is 6.61 Å². The maximum atomic E-state index is 10.9. The van der Waals surface area contributed by atoms with Gasteiger partial charge in [-0.2, -0.15) is 5.26 Å². The number of amides is 1. The Hall–Kier alpha value is -1.24. The number of nitrogens with one attached hydrogen (secondary N) is 1. The second kappa shape index (κ2) is 4.60. The highest BCUT2D eigenvalue weighted by atomic mass is 16.5. The molecular weight excluding hydrogens is 156 g/mol. The third-order valence-corrected chi connectivity index (χ3v) is 1.61. The van der Waals surface area contributed by atoms with Gasteiger partial charge >= 0.3 is 6.09 Å². The van der Waals surface area contributed by atoms with Crippen molar-refractivity contribution in [2.24, 2.45) is 0 Å². The number of hydrogen-bond donors (Lipinski definition) is 1. The molecular formula is C8H14N2O2. The van der Waals surface area contributed by atoms with E-state index in [1.807, 2.05) is 13.0 Å². The van der Waals surface area contributed by atoms with Crippen LogP contribution in [0.15, 0.2) is 0 Å². The van der Waals surface area contributed by atoms with Gasteiger partial charge < -0.3 is 10.1 Å². The molecule has 0 aromatic carbocycles. The fraction of sp³-hybridized carbons (Fsp3) is 0.750. The van der Waals surface area contributed by atoms with Crippen LogP contribution in [0.2, 0.25) is 0 Å². The van der Waals surface area contributed by atoms with Crippen LogP contribution in [0.1, 0.15) is 27.2 Å². The molecule has 0 saturated heterocycles. The fourth-order valence-electron chi connectivity index (χ4n) is 0.588. The first-order valence-corrected chi connectivity index (χ1v) is 3.94. The van der Waals surface area contributed by atoms with Crippen LogP contribution < -0.4 is 5.32 Å². The van der Waals surface area contributed by atoms with E-state index in [0.717, 1.165) is 0 Å². The lowest BCUT2D eigenvalue weighted by molar-refractivity contribution is 0.144. The van der Waals surface area contributed by atoms with Crippen LogP contribution in [0.25, 0.3) is 0 Å². The van der Waals surface area contributed by atoms with Crippen LogP contribution >= 0.6 is 0 Å². The Kier molecular flexibility index (Phi) is 4.12. The van der Waals surface area contributed by atoms with Gasteiger partial charge in [-0.1, -0.05) is 6.92 Å². The first-order chi connectivity index (χ1) is 5.58. The summed E-state index contributed by atoms with van der Waals surface area (Å²) in [5, 5.41) is 11.2. The van der Waals surface area contributed by atoms with Gasteiger partial charge in [0.15, 0.2) is 0 Å². The predicted octanol–water partition coefficient (Wildman–Crippen LogP) is 1.42. The number of hydrogen-bond acceptors (Lipinski definition) is 3. The molecule has 68 valence electrons. The van der Waals surface area contributed by atoms with E-state index in [2.05, 4.69) is 10.1 Å². The van der Waals surface area contributed by atoms with E-state index in [9.17, 15) is 4.79 Å². The van der Waals surface area contributed by atoms with Crippen molar-refractivity contribution in [1.82, 2.24) is 5.32 Å². The Labute approximate surface area is 72.5 Å². The molecule has 0 aromatic rings. The number of nitrogens with zero attached hydrogens (tertiary/aromatic N) is 1. The van der Waals surface area contributed by atoms with E-state index in [0.29, 0.717) is 13.0 Å². The van der Waals surface area contributed by atoms with E-state index in [4.69, 9.17) is 5.26 Å². The topological polar surface area (TPSA) is 62.1 Å². The number of carbonyl (C=O) groups is 1. The maximum Gasteiger partial charge on any atom is 0.408 e. The van der Waals surface area contributed by atoms with Crippen molar-refractivity contribution in [1.29, 1.82) is 5.26 Å². The molecule has 0 saturated carbocycles. The van der Waals surface area contributed by atoms with E-state index >= 15 is 0 Å². The smallest absolute Gasteiger partial charge is 0.408 e. The molecule has 0 spiro atoms.